The van der Waals surface area contributed by atoms with E-state index in [1.165, 1.54) is 11.3 Å². The van der Waals surface area contributed by atoms with Crippen LogP contribution in [0.5, 0.6) is 0 Å². The first kappa shape index (κ1) is 10.5. The standard InChI is InChI=1S/C8H9NO2S.ClH/c1-4-9-6(5-2-3-5)7(12-4)8(10)11;/h5H,2-3H2,1H3,(H,10,11);1H. The van der Waals surface area contributed by atoms with Crippen LogP contribution in [0.2, 0.25) is 0 Å². The molecule has 72 valence electrons. The van der Waals surface area contributed by atoms with Gasteiger partial charge < -0.3 is 5.11 Å². The second kappa shape index (κ2) is 3.64. The van der Waals surface area contributed by atoms with Crippen LogP contribution in [0.25, 0.3) is 0 Å². The van der Waals surface area contributed by atoms with Crippen LogP contribution in [0.4, 0.5) is 0 Å². The van der Waals surface area contributed by atoms with Gasteiger partial charge in [-0.2, -0.15) is 0 Å². The van der Waals surface area contributed by atoms with E-state index in [9.17, 15) is 4.79 Å². The first-order chi connectivity index (χ1) is 5.68. The average Bonchev–Trinajstić information content (AvgIpc) is 2.75. The zero-order chi connectivity index (χ0) is 8.72. The summed E-state index contributed by atoms with van der Waals surface area (Å²) in [5, 5.41) is 9.68. The molecule has 0 saturated heterocycles. The van der Waals surface area contributed by atoms with Crippen molar-refractivity contribution >= 4 is 29.7 Å². The lowest BCUT2D eigenvalue weighted by atomic mass is 10.2. The Bertz CT molecular complexity index is 333. The zero-order valence-corrected chi connectivity index (χ0v) is 8.74. The summed E-state index contributed by atoms with van der Waals surface area (Å²) in [5.41, 5.74) is 0.810. The van der Waals surface area contributed by atoms with E-state index in [1.807, 2.05) is 6.92 Å². The maximum absolute atomic E-state index is 10.7. The van der Waals surface area contributed by atoms with Crippen LogP contribution in [-0.4, -0.2) is 16.1 Å². The van der Waals surface area contributed by atoms with Crippen LogP contribution in [0.15, 0.2) is 0 Å². The molecule has 0 atom stereocenters. The molecular weight excluding hydrogens is 210 g/mol. The third-order valence-corrected chi connectivity index (χ3v) is 2.89. The van der Waals surface area contributed by atoms with Gasteiger partial charge in [0.2, 0.25) is 0 Å². The Hall–Kier alpha value is -0.610. The van der Waals surface area contributed by atoms with Crippen molar-refractivity contribution in [2.45, 2.75) is 25.7 Å². The quantitative estimate of drug-likeness (QED) is 0.831. The summed E-state index contributed by atoms with van der Waals surface area (Å²) in [6.07, 6.45) is 2.20. The number of hydrogen-bond acceptors (Lipinski definition) is 3. The SMILES string of the molecule is Cc1nc(C2CC2)c(C(=O)O)s1.Cl. The van der Waals surface area contributed by atoms with Crippen molar-refractivity contribution in [2.24, 2.45) is 0 Å². The van der Waals surface area contributed by atoms with E-state index in [4.69, 9.17) is 5.11 Å². The highest BCUT2D eigenvalue weighted by Crippen LogP contribution is 2.42. The third-order valence-electron chi connectivity index (χ3n) is 1.92. The van der Waals surface area contributed by atoms with E-state index in [0.29, 0.717) is 10.8 Å². The molecule has 1 saturated carbocycles. The summed E-state index contributed by atoms with van der Waals surface area (Å²) in [7, 11) is 0. The molecule has 5 heteroatoms. The highest BCUT2D eigenvalue weighted by molar-refractivity contribution is 7.13. The number of rotatable bonds is 2. The number of thiazole rings is 1. The van der Waals surface area contributed by atoms with E-state index in [2.05, 4.69) is 4.98 Å². The fraction of sp³-hybridized carbons (Fsp3) is 0.500. The van der Waals surface area contributed by atoms with Gasteiger partial charge in [0.1, 0.15) is 4.88 Å². The molecule has 1 aliphatic rings. The maximum atomic E-state index is 10.7. The van der Waals surface area contributed by atoms with Gasteiger partial charge in [-0.15, -0.1) is 23.7 Å². The van der Waals surface area contributed by atoms with Gasteiger partial charge in [0, 0.05) is 5.92 Å². The minimum atomic E-state index is -0.831. The lowest BCUT2D eigenvalue weighted by Gasteiger charge is -1.91. The fourth-order valence-corrected chi connectivity index (χ4v) is 2.07. The Morgan fingerprint density at radius 1 is 1.62 bits per heavy atom. The number of aromatic carboxylic acids is 1. The first-order valence-electron chi connectivity index (χ1n) is 3.89. The van der Waals surface area contributed by atoms with Gasteiger partial charge in [0.25, 0.3) is 0 Å². The monoisotopic (exact) mass is 219 g/mol. The Morgan fingerprint density at radius 2 is 2.23 bits per heavy atom. The van der Waals surface area contributed by atoms with Crippen LogP contribution in [-0.2, 0) is 0 Å². The van der Waals surface area contributed by atoms with Crippen LogP contribution in [0, 0.1) is 6.92 Å². The Labute approximate surface area is 86.2 Å². The number of halogens is 1. The summed E-state index contributed by atoms with van der Waals surface area (Å²) in [5.74, 6) is -0.399. The van der Waals surface area contributed by atoms with E-state index in [1.54, 1.807) is 0 Å². The number of aryl methyl sites for hydroxylation is 1. The predicted octanol–water partition coefficient (Wildman–Crippen LogP) is 2.45. The van der Waals surface area contributed by atoms with Gasteiger partial charge in [-0.05, 0) is 19.8 Å². The van der Waals surface area contributed by atoms with Crippen molar-refractivity contribution in [1.29, 1.82) is 0 Å². The van der Waals surface area contributed by atoms with E-state index in [-0.39, 0.29) is 12.4 Å². The summed E-state index contributed by atoms with van der Waals surface area (Å²) >= 11 is 1.28. The lowest BCUT2D eigenvalue weighted by Crippen LogP contribution is -1.97. The van der Waals surface area contributed by atoms with Crippen LogP contribution in [0.3, 0.4) is 0 Å². The minimum absolute atomic E-state index is 0. The molecule has 13 heavy (non-hydrogen) atoms. The van der Waals surface area contributed by atoms with Crippen molar-refractivity contribution in [3.05, 3.63) is 15.6 Å². The molecule has 1 heterocycles. The van der Waals surface area contributed by atoms with Gasteiger partial charge >= 0.3 is 5.97 Å². The molecule has 0 amide bonds. The number of carboxylic acid groups (broad SMARTS) is 1. The fourth-order valence-electron chi connectivity index (χ4n) is 1.23. The molecule has 0 spiro atoms. The molecule has 3 nitrogen and oxygen atoms in total. The topological polar surface area (TPSA) is 50.2 Å². The maximum Gasteiger partial charge on any atom is 0.347 e. The van der Waals surface area contributed by atoms with Crippen molar-refractivity contribution in [1.82, 2.24) is 4.98 Å². The number of aromatic nitrogens is 1. The molecule has 0 bridgehead atoms. The summed E-state index contributed by atoms with van der Waals surface area (Å²) in [6.45, 7) is 1.85. The summed E-state index contributed by atoms with van der Waals surface area (Å²) in [6, 6.07) is 0. The molecule has 0 radical (unpaired) electrons. The number of carboxylic acids is 1. The van der Waals surface area contributed by atoms with Crippen molar-refractivity contribution in [2.75, 3.05) is 0 Å². The Balaban J connectivity index is 0.000000845. The predicted molar refractivity (Wildman–Crippen MR) is 53.0 cm³/mol. The average molecular weight is 220 g/mol. The minimum Gasteiger partial charge on any atom is -0.477 e. The van der Waals surface area contributed by atoms with E-state index >= 15 is 0 Å². The van der Waals surface area contributed by atoms with Crippen molar-refractivity contribution in [3.8, 4) is 0 Å². The molecular formula is C8H10ClNO2S. The van der Waals surface area contributed by atoms with E-state index < -0.39 is 5.97 Å². The van der Waals surface area contributed by atoms with Crippen LogP contribution in [0.1, 0.15) is 39.1 Å². The number of nitrogens with zero attached hydrogens (tertiary/aromatic N) is 1. The second-order valence-corrected chi connectivity index (χ2v) is 4.23. The smallest absolute Gasteiger partial charge is 0.347 e. The molecule has 1 N–H and O–H groups in total. The van der Waals surface area contributed by atoms with Gasteiger partial charge in [-0.3, -0.25) is 0 Å². The lowest BCUT2D eigenvalue weighted by molar-refractivity contribution is 0.0700. The molecule has 1 aromatic rings. The molecule has 2 rings (SSSR count). The molecule has 0 unspecified atom stereocenters. The normalized spacial score (nSPS) is 15.2. The summed E-state index contributed by atoms with van der Waals surface area (Å²) < 4.78 is 0. The van der Waals surface area contributed by atoms with Crippen LogP contribution < -0.4 is 0 Å². The number of carbonyl (C=O) groups is 1. The van der Waals surface area contributed by atoms with E-state index in [0.717, 1.165) is 23.5 Å². The van der Waals surface area contributed by atoms with Crippen molar-refractivity contribution in [3.63, 3.8) is 0 Å². The highest BCUT2D eigenvalue weighted by atomic mass is 35.5. The largest absolute Gasteiger partial charge is 0.477 e. The van der Waals surface area contributed by atoms with Gasteiger partial charge in [-0.1, -0.05) is 0 Å². The molecule has 0 aromatic carbocycles. The molecule has 1 fully saturated rings. The summed E-state index contributed by atoms with van der Waals surface area (Å²) in [4.78, 5) is 15.4. The zero-order valence-electron chi connectivity index (χ0n) is 7.11. The van der Waals surface area contributed by atoms with Gasteiger partial charge in [-0.25, -0.2) is 9.78 Å². The molecule has 1 aliphatic carbocycles. The van der Waals surface area contributed by atoms with Gasteiger partial charge in [0.15, 0.2) is 0 Å². The molecule has 0 aliphatic heterocycles. The van der Waals surface area contributed by atoms with Crippen LogP contribution >= 0.6 is 23.7 Å². The number of hydrogen-bond donors (Lipinski definition) is 1. The van der Waals surface area contributed by atoms with Gasteiger partial charge in [0.05, 0.1) is 10.7 Å². The molecule has 1 aromatic heterocycles. The Kier molecular flexibility index (Phi) is 2.93. The highest BCUT2D eigenvalue weighted by Gasteiger charge is 2.31. The third kappa shape index (κ3) is 2.00. The Morgan fingerprint density at radius 3 is 2.69 bits per heavy atom. The first-order valence-corrected chi connectivity index (χ1v) is 4.70. The second-order valence-electron chi connectivity index (χ2n) is 3.03. The van der Waals surface area contributed by atoms with Crippen molar-refractivity contribution < 1.29 is 9.90 Å².